The number of hydrogen-bond acceptors (Lipinski definition) is 2. The van der Waals surface area contributed by atoms with Gasteiger partial charge in [0.25, 0.3) is 0 Å². The smallest absolute Gasteiger partial charge is 0.0967 e. The van der Waals surface area contributed by atoms with Gasteiger partial charge in [-0.1, -0.05) is 63.3 Å². The van der Waals surface area contributed by atoms with E-state index in [1.807, 2.05) is 0 Å². The van der Waals surface area contributed by atoms with Gasteiger partial charge in [-0.15, -0.1) is 0 Å². The number of halogens is 1. The number of nitrogens with zero attached hydrogens (tertiary/aromatic N) is 1. The normalized spacial score (nSPS) is 22.4. The molecule has 1 atom stereocenters. The average molecular weight is 348 g/mol. The van der Waals surface area contributed by atoms with Gasteiger partial charge >= 0.3 is 0 Å². The van der Waals surface area contributed by atoms with E-state index in [4.69, 9.17) is 4.74 Å². The molecule has 0 saturated carbocycles. The summed E-state index contributed by atoms with van der Waals surface area (Å²) < 4.78 is 19.4. The summed E-state index contributed by atoms with van der Waals surface area (Å²) in [6.07, 6.45) is 10.7. The molecule has 2 aliphatic heterocycles. The zero-order valence-electron chi connectivity index (χ0n) is 15.8. The van der Waals surface area contributed by atoms with Crippen LogP contribution in [0.5, 0.6) is 0 Å². The van der Waals surface area contributed by atoms with E-state index in [1.165, 1.54) is 56.2 Å². The van der Waals surface area contributed by atoms with Crippen molar-refractivity contribution in [3.8, 4) is 0 Å². The number of piperidine rings is 1. The number of unbranched alkanes of at least 4 members (excludes halogenated alkanes) is 5. The molecule has 0 aliphatic carbocycles. The number of alkyl halides is 1. The number of benzene rings is 1. The first kappa shape index (κ1) is 18.8. The van der Waals surface area contributed by atoms with Crippen LogP contribution in [-0.4, -0.2) is 31.2 Å². The van der Waals surface area contributed by atoms with Gasteiger partial charge in [0.05, 0.1) is 18.4 Å². The quantitative estimate of drug-likeness (QED) is 0.526. The molecule has 1 saturated heterocycles. The second kappa shape index (κ2) is 9.14. The van der Waals surface area contributed by atoms with Crippen molar-refractivity contribution in [3.05, 3.63) is 35.4 Å². The number of rotatable bonds is 9. The van der Waals surface area contributed by atoms with E-state index >= 15 is 0 Å². The fraction of sp³-hybridized carbons (Fsp3) is 0.727. The topological polar surface area (TPSA) is 12.5 Å². The Balaban J connectivity index is 1.50. The van der Waals surface area contributed by atoms with Crippen LogP contribution in [0.25, 0.3) is 0 Å². The van der Waals surface area contributed by atoms with Crippen LogP contribution in [0.1, 0.15) is 81.9 Å². The van der Waals surface area contributed by atoms with E-state index in [-0.39, 0.29) is 18.4 Å². The van der Waals surface area contributed by atoms with Gasteiger partial charge in [0.1, 0.15) is 0 Å². The van der Waals surface area contributed by atoms with Gasteiger partial charge in [-0.3, -0.25) is 4.39 Å². The zero-order valence-corrected chi connectivity index (χ0v) is 15.8. The summed E-state index contributed by atoms with van der Waals surface area (Å²) in [4.78, 5) is 2.60. The molecule has 2 aliphatic rings. The summed E-state index contributed by atoms with van der Waals surface area (Å²) in [5.41, 5.74) is 2.39. The minimum atomic E-state index is -0.306. The first-order valence-electron chi connectivity index (χ1n) is 10.3. The van der Waals surface area contributed by atoms with Crippen LogP contribution in [0.2, 0.25) is 0 Å². The maximum absolute atomic E-state index is 12.9. The Labute approximate surface area is 152 Å². The Morgan fingerprint density at radius 3 is 2.56 bits per heavy atom. The van der Waals surface area contributed by atoms with Crippen molar-refractivity contribution < 1.29 is 9.13 Å². The van der Waals surface area contributed by atoms with Crippen molar-refractivity contribution in [1.82, 2.24) is 4.90 Å². The third-order valence-corrected chi connectivity index (χ3v) is 6.03. The second-order valence-corrected chi connectivity index (χ2v) is 7.78. The van der Waals surface area contributed by atoms with Gasteiger partial charge < -0.3 is 9.64 Å². The molecular weight excluding hydrogens is 313 g/mol. The van der Waals surface area contributed by atoms with Crippen molar-refractivity contribution in [3.63, 3.8) is 0 Å². The number of hydrogen-bond donors (Lipinski definition) is 0. The highest BCUT2D eigenvalue weighted by Crippen LogP contribution is 2.50. The Morgan fingerprint density at radius 1 is 1.08 bits per heavy atom. The molecule has 0 N–H and O–H groups in total. The van der Waals surface area contributed by atoms with E-state index in [9.17, 15) is 4.39 Å². The average Bonchev–Trinajstić information content (AvgIpc) is 2.94. The summed E-state index contributed by atoms with van der Waals surface area (Å²) >= 11 is 0. The predicted molar refractivity (Wildman–Crippen MR) is 102 cm³/mol. The molecule has 2 heterocycles. The van der Waals surface area contributed by atoms with Gasteiger partial charge in [0, 0.05) is 19.5 Å². The molecule has 0 bridgehead atoms. The van der Waals surface area contributed by atoms with Crippen molar-refractivity contribution in [2.24, 2.45) is 0 Å². The number of ether oxygens (including phenoxy) is 1. The zero-order chi connectivity index (χ0) is 17.5. The van der Waals surface area contributed by atoms with Crippen LogP contribution < -0.4 is 0 Å². The molecule has 2 nitrogen and oxygen atoms in total. The fourth-order valence-corrected chi connectivity index (χ4v) is 4.55. The Hall–Kier alpha value is -0.930. The van der Waals surface area contributed by atoms with Crippen LogP contribution in [0.3, 0.4) is 0 Å². The molecule has 1 fully saturated rings. The van der Waals surface area contributed by atoms with Gasteiger partial charge in [0.2, 0.25) is 0 Å². The Bertz CT molecular complexity index is 525. The van der Waals surface area contributed by atoms with Gasteiger partial charge in [-0.25, -0.2) is 0 Å². The monoisotopic (exact) mass is 347 g/mol. The summed E-state index contributed by atoms with van der Waals surface area (Å²) in [6, 6.07) is 8.49. The van der Waals surface area contributed by atoms with Crippen LogP contribution in [0.15, 0.2) is 24.3 Å². The second-order valence-electron chi connectivity index (χ2n) is 7.78. The van der Waals surface area contributed by atoms with Gasteiger partial charge in [-0.05, 0) is 36.9 Å². The molecule has 0 aromatic heterocycles. The summed E-state index contributed by atoms with van der Waals surface area (Å²) in [5.74, 6) is 0. The van der Waals surface area contributed by atoms with E-state index in [0.29, 0.717) is 6.42 Å². The summed E-state index contributed by atoms with van der Waals surface area (Å²) in [6.45, 7) is 5.39. The third kappa shape index (κ3) is 4.43. The molecule has 0 amide bonds. The first-order chi connectivity index (χ1) is 12.3. The van der Waals surface area contributed by atoms with Crippen LogP contribution in [-0.2, 0) is 10.3 Å². The Kier molecular flexibility index (Phi) is 6.89. The highest BCUT2D eigenvalue weighted by molar-refractivity contribution is 5.38. The molecule has 1 aromatic rings. The molecule has 1 aromatic carbocycles. The molecule has 1 spiro atoms. The van der Waals surface area contributed by atoms with Crippen LogP contribution >= 0.6 is 0 Å². The third-order valence-electron chi connectivity index (χ3n) is 6.03. The molecule has 1 unspecified atom stereocenters. The number of fused-ring (bicyclic) bond motifs is 2. The molecule has 140 valence electrons. The van der Waals surface area contributed by atoms with E-state index in [2.05, 4.69) is 36.1 Å². The first-order valence-corrected chi connectivity index (χ1v) is 10.3. The highest BCUT2D eigenvalue weighted by atomic mass is 19.1. The van der Waals surface area contributed by atoms with E-state index in [0.717, 1.165) is 25.9 Å². The largest absolute Gasteiger partial charge is 0.362 e. The lowest BCUT2D eigenvalue weighted by atomic mass is 9.83. The van der Waals surface area contributed by atoms with Gasteiger partial charge in [-0.2, -0.15) is 0 Å². The lowest BCUT2D eigenvalue weighted by Crippen LogP contribution is -2.43. The lowest BCUT2D eigenvalue weighted by Gasteiger charge is -2.40. The summed E-state index contributed by atoms with van der Waals surface area (Å²) in [5, 5.41) is 0. The standard InChI is InChI=1S/C22H34FNO/c1-2-3-4-5-6-9-16-24-17-13-22(14-18-24)20-11-8-7-10-19(20)21(25-22)12-15-23/h7-8,10-11,21H,2-6,9,12-18H2,1H3. The van der Waals surface area contributed by atoms with Crippen molar-refractivity contribution in [2.75, 3.05) is 26.3 Å². The van der Waals surface area contributed by atoms with Crippen molar-refractivity contribution >= 4 is 0 Å². The SMILES string of the molecule is CCCCCCCCN1CCC2(CC1)OC(CCF)c1ccccc12. The maximum atomic E-state index is 12.9. The number of likely N-dealkylation sites (tertiary alicyclic amines) is 1. The van der Waals surface area contributed by atoms with Crippen molar-refractivity contribution in [1.29, 1.82) is 0 Å². The molecule has 3 rings (SSSR count). The molecule has 3 heteroatoms. The van der Waals surface area contributed by atoms with Gasteiger partial charge in [0.15, 0.2) is 0 Å². The minimum absolute atomic E-state index is 0.0497. The van der Waals surface area contributed by atoms with E-state index in [1.54, 1.807) is 0 Å². The predicted octanol–water partition coefficient (Wildman–Crippen LogP) is 5.77. The minimum Gasteiger partial charge on any atom is -0.362 e. The molecule has 0 radical (unpaired) electrons. The van der Waals surface area contributed by atoms with Crippen LogP contribution in [0, 0.1) is 0 Å². The van der Waals surface area contributed by atoms with Crippen molar-refractivity contribution in [2.45, 2.75) is 76.4 Å². The maximum Gasteiger partial charge on any atom is 0.0967 e. The summed E-state index contributed by atoms with van der Waals surface area (Å²) in [7, 11) is 0. The highest BCUT2D eigenvalue weighted by Gasteiger charge is 2.46. The molecular formula is C22H34FNO. The van der Waals surface area contributed by atoms with E-state index < -0.39 is 0 Å². The fourth-order valence-electron chi connectivity index (χ4n) is 4.55. The Morgan fingerprint density at radius 2 is 1.80 bits per heavy atom. The lowest BCUT2D eigenvalue weighted by molar-refractivity contribution is -0.112. The molecule has 25 heavy (non-hydrogen) atoms. The van der Waals surface area contributed by atoms with Crippen LogP contribution in [0.4, 0.5) is 4.39 Å².